The van der Waals surface area contributed by atoms with E-state index in [4.69, 9.17) is 5.73 Å². The molecule has 1 saturated heterocycles. The average Bonchev–Trinajstić information content (AvgIpc) is 2.53. The Balaban J connectivity index is 2.09. The van der Waals surface area contributed by atoms with E-state index in [0.717, 1.165) is 38.5 Å². The highest BCUT2D eigenvalue weighted by Crippen LogP contribution is 2.28. The zero-order valence-electron chi connectivity index (χ0n) is 13.7. The van der Waals surface area contributed by atoms with Crippen molar-refractivity contribution in [3.8, 4) is 0 Å². The van der Waals surface area contributed by atoms with Gasteiger partial charge in [-0.1, -0.05) is 30.8 Å². The third kappa shape index (κ3) is 5.17. The summed E-state index contributed by atoms with van der Waals surface area (Å²) in [6, 6.07) is -0.503. The van der Waals surface area contributed by atoms with Crippen LogP contribution in [-0.2, 0) is 19.7 Å². The van der Waals surface area contributed by atoms with Gasteiger partial charge in [0.05, 0.1) is 11.8 Å². The first-order chi connectivity index (χ1) is 10.9. The molecule has 0 spiro atoms. The van der Waals surface area contributed by atoms with Gasteiger partial charge in [-0.15, -0.1) is 0 Å². The van der Waals surface area contributed by atoms with Crippen LogP contribution in [-0.4, -0.2) is 42.9 Å². The minimum Gasteiger partial charge on any atom is -0.383 e. The highest BCUT2D eigenvalue weighted by Gasteiger charge is 2.36. The number of nitrogens with zero attached hydrogens (tertiary/aromatic N) is 2. The molecule has 1 aliphatic heterocycles. The standard InChI is InChI=1S/C15H27N3O4S/c1-12(19)22-17-15(16)14-9-5-6-10-18(14)23(20,21)11-13-7-3-2-4-8-13/h13-14H,2-11H2,1H3,(H2,16,17). The minimum atomic E-state index is -3.38. The van der Waals surface area contributed by atoms with E-state index in [9.17, 15) is 13.2 Å². The lowest BCUT2D eigenvalue weighted by Gasteiger charge is -2.35. The molecule has 7 nitrogen and oxygen atoms in total. The number of carbonyl (C=O) groups excluding carboxylic acids is 1. The summed E-state index contributed by atoms with van der Waals surface area (Å²) in [5.41, 5.74) is 5.88. The number of sulfonamides is 1. The number of piperidine rings is 1. The van der Waals surface area contributed by atoms with Crippen LogP contribution in [0.2, 0.25) is 0 Å². The van der Waals surface area contributed by atoms with Gasteiger partial charge in [0.1, 0.15) is 0 Å². The van der Waals surface area contributed by atoms with Crippen molar-refractivity contribution in [3.05, 3.63) is 0 Å². The lowest BCUT2D eigenvalue weighted by atomic mass is 9.91. The second-order valence-corrected chi connectivity index (χ2v) is 8.47. The highest BCUT2D eigenvalue weighted by molar-refractivity contribution is 7.89. The molecule has 1 heterocycles. The molecule has 1 saturated carbocycles. The maximum atomic E-state index is 12.8. The van der Waals surface area contributed by atoms with Crippen LogP contribution >= 0.6 is 0 Å². The van der Waals surface area contributed by atoms with E-state index < -0.39 is 22.0 Å². The molecule has 0 aromatic heterocycles. The Morgan fingerprint density at radius 3 is 2.48 bits per heavy atom. The molecule has 0 radical (unpaired) electrons. The number of hydrogen-bond acceptors (Lipinski definition) is 5. The molecule has 0 aromatic carbocycles. The van der Waals surface area contributed by atoms with Gasteiger partial charge in [-0.25, -0.2) is 13.2 Å². The lowest BCUT2D eigenvalue weighted by Crippen LogP contribution is -2.51. The summed E-state index contributed by atoms with van der Waals surface area (Å²) in [7, 11) is -3.38. The smallest absolute Gasteiger partial charge is 0.332 e. The summed E-state index contributed by atoms with van der Waals surface area (Å²) in [6.45, 7) is 1.69. The SMILES string of the molecule is CC(=O)ON=C(N)C1CCCCN1S(=O)(=O)CC1CCCCC1. The topological polar surface area (TPSA) is 102 Å². The largest absolute Gasteiger partial charge is 0.383 e. The molecule has 2 rings (SSSR count). The predicted molar refractivity (Wildman–Crippen MR) is 88.1 cm³/mol. The van der Waals surface area contributed by atoms with Crippen molar-refractivity contribution >= 4 is 21.8 Å². The molecule has 0 amide bonds. The van der Waals surface area contributed by atoms with Crippen LogP contribution in [0.5, 0.6) is 0 Å². The van der Waals surface area contributed by atoms with Crippen molar-refractivity contribution in [1.29, 1.82) is 0 Å². The Morgan fingerprint density at radius 2 is 1.83 bits per heavy atom. The second kappa shape index (κ2) is 8.10. The molecule has 0 aromatic rings. The maximum absolute atomic E-state index is 12.8. The van der Waals surface area contributed by atoms with E-state index in [1.807, 2.05) is 0 Å². The summed E-state index contributed by atoms with van der Waals surface area (Å²) in [5, 5.41) is 3.60. The lowest BCUT2D eigenvalue weighted by molar-refractivity contribution is -0.141. The van der Waals surface area contributed by atoms with Crippen LogP contribution in [0.25, 0.3) is 0 Å². The van der Waals surface area contributed by atoms with Gasteiger partial charge >= 0.3 is 5.97 Å². The van der Waals surface area contributed by atoms with E-state index in [1.54, 1.807) is 0 Å². The van der Waals surface area contributed by atoms with Crippen LogP contribution in [0.4, 0.5) is 0 Å². The third-order valence-electron chi connectivity index (χ3n) is 4.60. The van der Waals surface area contributed by atoms with E-state index >= 15 is 0 Å². The van der Waals surface area contributed by atoms with Crippen molar-refractivity contribution in [3.63, 3.8) is 0 Å². The van der Waals surface area contributed by atoms with Gasteiger partial charge in [0.25, 0.3) is 0 Å². The molecule has 1 aliphatic carbocycles. The van der Waals surface area contributed by atoms with Crippen molar-refractivity contribution in [2.45, 2.75) is 64.3 Å². The molecule has 0 bridgehead atoms. The van der Waals surface area contributed by atoms with Crippen molar-refractivity contribution in [2.75, 3.05) is 12.3 Å². The van der Waals surface area contributed by atoms with E-state index in [2.05, 4.69) is 9.99 Å². The second-order valence-electron chi connectivity index (χ2n) is 6.50. The third-order valence-corrected chi connectivity index (χ3v) is 6.65. The molecule has 2 fully saturated rings. The number of amidine groups is 1. The molecule has 23 heavy (non-hydrogen) atoms. The molecular formula is C15H27N3O4S. The summed E-state index contributed by atoms with van der Waals surface area (Å²) in [6.07, 6.45) is 7.70. The van der Waals surface area contributed by atoms with Gasteiger partial charge < -0.3 is 10.6 Å². The predicted octanol–water partition coefficient (Wildman–Crippen LogP) is 1.59. The van der Waals surface area contributed by atoms with Crippen LogP contribution in [0, 0.1) is 5.92 Å². The van der Waals surface area contributed by atoms with Crippen LogP contribution in [0.1, 0.15) is 58.3 Å². The van der Waals surface area contributed by atoms with Gasteiger partial charge in [0.15, 0.2) is 5.84 Å². The van der Waals surface area contributed by atoms with Gasteiger partial charge in [-0.05, 0) is 31.6 Å². The molecule has 132 valence electrons. The number of hydrogen-bond donors (Lipinski definition) is 1. The van der Waals surface area contributed by atoms with Crippen molar-refractivity contribution < 1.29 is 18.0 Å². The summed E-state index contributed by atoms with van der Waals surface area (Å²) in [5.74, 6) is -0.0832. The molecule has 8 heteroatoms. The van der Waals surface area contributed by atoms with E-state index in [-0.39, 0.29) is 17.5 Å². The Labute approximate surface area is 138 Å². The fraction of sp³-hybridized carbons (Fsp3) is 0.867. The van der Waals surface area contributed by atoms with Crippen LogP contribution in [0.3, 0.4) is 0 Å². The van der Waals surface area contributed by atoms with Gasteiger partial charge in [0, 0.05) is 13.5 Å². The fourth-order valence-electron chi connectivity index (χ4n) is 3.46. The molecule has 2 N–H and O–H groups in total. The monoisotopic (exact) mass is 345 g/mol. The first-order valence-corrected chi connectivity index (χ1v) is 10.0. The number of nitrogens with two attached hydrogens (primary N) is 1. The van der Waals surface area contributed by atoms with Gasteiger partial charge in [0.2, 0.25) is 10.0 Å². The number of carbonyl (C=O) groups is 1. The zero-order valence-corrected chi connectivity index (χ0v) is 14.6. The quantitative estimate of drug-likeness (QED) is 0.353. The highest BCUT2D eigenvalue weighted by atomic mass is 32.2. The Morgan fingerprint density at radius 1 is 1.17 bits per heavy atom. The fourth-order valence-corrected chi connectivity index (χ4v) is 5.59. The van der Waals surface area contributed by atoms with Crippen molar-refractivity contribution in [1.82, 2.24) is 4.31 Å². The number of rotatable bonds is 5. The molecule has 1 unspecified atom stereocenters. The Kier molecular flexibility index (Phi) is 6.41. The van der Waals surface area contributed by atoms with Gasteiger partial charge in [-0.3, -0.25) is 0 Å². The van der Waals surface area contributed by atoms with E-state index in [0.29, 0.717) is 13.0 Å². The van der Waals surface area contributed by atoms with Crippen LogP contribution < -0.4 is 5.73 Å². The Hall–Kier alpha value is -1.15. The molecule has 1 atom stereocenters. The average molecular weight is 345 g/mol. The van der Waals surface area contributed by atoms with Crippen molar-refractivity contribution in [2.24, 2.45) is 16.8 Å². The zero-order chi connectivity index (χ0) is 16.9. The van der Waals surface area contributed by atoms with Crippen LogP contribution in [0.15, 0.2) is 5.16 Å². The first kappa shape index (κ1) is 18.2. The maximum Gasteiger partial charge on any atom is 0.332 e. The first-order valence-electron chi connectivity index (χ1n) is 8.40. The van der Waals surface area contributed by atoms with E-state index in [1.165, 1.54) is 17.6 Å². The molecule has 2 aliphatic rings. The van der Waals surface area contributed by atoms with Gasteiger partial charge in [-0.2, -0.15) is 4.31 Å². The normalized spacial score (nSPS) is 25.3. The summed E-state index contributed by atoms with van der Waals surface area (Å²) >= 11 is 0. The number of oxime groups is 1. The molecular weight excluding hydrogens is 318 g/mol. The Bertz CT molecular complexity index is 541. The summed E-state index contributed by atoms with van der Waals surface area (Å²) in [4.78, 5) is 15.4. The summed E-state index contributed by atoms with van der Waals surface area (Å²) < 4.78 is 27.1. The minimum absolute atomic E-state index is 0.0621.